The Bertz CT molecular complexity index is 505. The second-order valence-corrected chi connectivity index (χ2v) is 6.00. The Morgan fingerprint density at radius 3 is 2.43 bits per heavy atom. The molecule has 0 aliphatic heterocycles. The van der Waals surface area contributed by atoms with E-state index in [0.717, 1.165) is 11.1 Å². The molecule has 0 aromatic heterocycles. The van der Waals surface area contributed by atoms with Gasteiger partial charge in [0.25, 0.3) is 0 Å². The van der Waals surface area contributed by atoms with Crippen LogP contribution in [0, 0.1) is 6.92 Å². The van der Waals surface area contributed by atoms with E-state index in [2.05, 4.69) is 5.32 Å². The van der Waals surface area contributed by atoms with Crippen LogP contribution in [0.5, 0.6) is 0 Å². The monoisotopic (exact) mass is 293 g/mol. The predicted octanol–water partition coefficient (Wildman–Crippen LogP) is 2.91. The first-order valence-corrected chi connectivity index (χ1v) is 6.96. The Morgan fingerprint density at radius 2 is 1.90 bits per heavy atom. The van der Waals surface area contributed by atoms with Crippen LogP contribution in [-0.4, -0.2) is 28.8 Å². The maximum atomic E-state index is 11.7. The number of aryl methyl sites for hydroxylation is 2. The summed E-state index contributed by atoms with van der Waals surface area (Å²) in [5.41, 5.74) is 1.54. The van der Waals surface area contributed by atoms with E-state index in [0.29, 0.717) is 12.8 Å². The molecule has 1 aromatic carbocycles. The molecule has 0 saturated heterocycles. The minimum atomic E-state index is -1.06. The lowest BCUT2D eigenvalue weighted by atomic mass is 10.0. The lowest BCUT2D eigenvalue weighted by Crippen LogP contribution is -2.43. The summed E-state index contributed by atoms with van der Waals surface area (Å²) >= 11 is 0. The van der Waals surface area contributed by atoms with E-state index >= 15 is 0 Å². The molecule has 21 heavy (non-hydrogen) atoms. The molecule has 1 aromatic rings. The third-order valence-electron chi connectivity index (χ3n) is 2.95. The fourth-order valence-electron chi connectivity index (χ4n) is 1.90. The van der Waals surface area contributed by atoms with Crippen molar-refractivity contribution in [1.29, 1.82) is 0 Å². The van der Waals surface area contributed by atoms with Crippen LogP contribution in [0.2, 0.25) is 0 Å². The Balaban J connectivity index is 2.61. The quantitative estimate of drug-likeness (QED) is 0.875. The zero-order chi connectivity index (χ0) is 16.0. The summed E-state index contributed by atoms with van der Waals surface area (Å²) in [4.78, 5) is 22.9. The van der Waals surface area contributed by atoms with E-state index < -0.39 is 23.7 Å². The van der Waals surface area contributed by atoms with Crippen molar-refractivity contribution in [3.63, 3.8) is 0 Å². The minimum absolute atomic E-state index is 0.319. The molecule has 0 spiro atoms. The molecule has 1 rings (SSSR count). The summed E-state index contributed by atoms with van der Waals surface area (Å²) in [6.07, 6.45) is 0.193. The smallest absolute Gasteiger partial charge is 0.408 e. The van der Waals surface area contributed by atoms with Crippen LogP contribution in [0.25, 0.3) is 0 Å². The summed E-state index contributed by atoms with van der Waals surface area (Å²) in [6, 6.07) is 6.83. The molecule has 116 valence electrons. The van der Waals surface area contributed by atoms with Gasteiger partial charge in [0.05, 0.1) is 0 Å². The number of hydrogen-bond donors (Lipinski definition) is 2. The van der Waals surface area contributed by atoms with Crippen molar-refractivity contribution in [2.24, 2.45) is 0 Å². The lowest BCUT2D eigenvalue weighted by Gasteiger charge is -2.22. The zero-order valence-electron chi connectivity index (χ0n) is 13.0. The number of carboxylic acid groups (broad SMARTS) is 1. The summed E-state index contributed by atoms with van der Waals surface area (Å²) in [5, 5.41) is 11.6. The van der Waals surface area contributed by atoms with Crippen molar-refractivity contribution in [2.75, 3.05) is 0 Å². The second-order valence-electron chi connectivity index (χ2n) is 6.00. The van der Waals surface area contributed by atoms with E-state index in [1.54, 1.807) is 20.8 Å². The van der Waals surface area contributed by atoms with Gasteiger partial charge in [-0.2, -0.15) is 0 Å². The SMILES string of the molecule is Cc1ccccc1CCC(NC(=O)OC(C)(C)C)C(=O)O. The number of rotatable bonds is 5. The number of carboxylic acids is 1. The highest BCUT2D eigenvalue weighted by Crippen LogP contribution is 2.12. The van der Waals surface area contributed by atoms with Gasteiger partial charge in [0.15, 0.2) is 0 Å². The van der Waals surface area contributed by atoms with Crippen LogP contribution in [0.1, 0.15) is 38.3 Å². The molecule has 0 bridgehead atoms. The highest BCUT2D eigenvalue weighted by atomic mass is 16.6. The van der Waals surface area contributed by atoms with Crippen molar-refractivity contribution >= 4 is 12.1 Å². The maximum absolute atomic E-state index is 11.7. The molecular formula is C16H23NO4. The van der Waals surface area contributed by atoms with Gasteiger partial charge in [-0.15, -0.1) is 0 Å². The average molecular weight is 293 g/mol. The molecule has 0 aliphatic carbocycles. The van der Waals surface area contributed by atoms with Crippen LogP contribution in [0.15, 0.2) is 24.3 Å². The molecule has 0 aliphatic rings. The molecule has 1 atom stereocenters. The van der Waals surface area contributed by atoms with E-state index in [4.69, 9.17) is 4.74 Å². The molecule has 0 fully saturated rings. The van der Waals surface area contributed by atoms with E-state index in [9.17, 15) is 14.7 Å². The van der Waals surface area contributed by atoms with Gasteiger partial charge in [-0.3, -0.25) is 0 Å². The normalized spacial score (nSPS) is 12.6. The number of carbonyl (C=O) groups excluding carboxylic acids is 1. The number of carbonyl (C=O) groups is 2. The molecule has 5 nitrogen and oxygen atoms in total. The highest BCUT2D eigenvalue weighted by Gasteiger charge is 2.23. The number of ether oxygens (including phenoxy) is 1. The van der Waals surface area contributed by atoms with Crippen LogP contribution in [-0.2, 0) is 16.0 Å². The van der Waals surface area contributed by atoms with Gasteiger partial charge < -0.3 is 15.2 Å². The van der Waals surface area contributed by atoms with Crippen molar-refractivity contribution in [2.45, 2.75) is 52.2 Å². The van der Waals surface area contributed by atoms with E-state index in [1.807, 2.05) is 31.2 Å². The summed E-state index contributed by atoms with van der Waals surface area (Å²) in [6.45, 7) is 7.17. The first-order valence-electron chi connectivity index (χ1n) is 6.96. The molecular weight excluding hydrogens is 270 g/mol. The topological polar surface area (TPSA) is 75.6 Å². The van der Waals surface area contributed by atoms with Gasteiger partial charge in [0.2, 0.25) is 0 Å². The van der Waals surface area contributed by atoms with Gasteiger partial charge in [-0.05, 0) is 51.7 Å². The minimum Gasteiger partial charge on any atom is -0.480 e. The fraction of sp³-hybridized carbons (Fsp3) is 0.500. The summed E-state index contributed by atoms with van der Waals surface area (Å²) in [7, 11) is 0. The summed E-state index contributed by atoms with van der Waals surface area (Å²) in [5.74, 6) is -1.06. The van der Waals surface area contributed by atoms with E-state index in [-0.39, 0.29) is 0 Å². The molecule has 0 heterocycles. The van der Waals surface area contributed by atoms with Crippen molar-refractivity contribution in [3.8, 4) is 0 Å². The number of alkyl carbamates (subject to hydrolysis) is 1. The Morgan fingerprint density at radius 1 is 1.29 bits per heavy atom. The van der Waals surface area contributed by atoms with Crippen molar-refractivity contribution < 1.29 is 19.4 Å². The van der Waals surface area contributed by atoms with Crippen LogP contribution < -0.4 is 5.32 Å². The molecule has 2 N–H and O–H groups in total. The van der Waals surface area contributed by atoms with Gasteiger partial charge in [-0.25, -0.2) is 9.59 Å². The zero-order valence-corrected chi connectivity index (χ0v) is 13.0. The van der Waals surface area contributed by atoms with E-state index in [1.165, 1.54) is 0 Å². The molecule has 0 saturated carbocycles. The Labute approximate surface area is 125 Å². The standard InChI is InChI=1S/C16H23NO4/c1-11-7-5-6-8-12(11)9-10-13(14(18)19)17-15(20)21-16(2,3)4/h5-8,13H,9-10H2,1-4H3,(H,17,20)(H,18,19). The highest BCUT2D eigenvalue weighted by molar-refractivity contribution is 5.80. The number of aliphatic carboxylic acids is 1. The number of benzene rings is 1. The van der Waals surface area contributed by atoms with Gasteiger partial charge >= 0.3 is 12.1 Å². The molecule has 5 heteroatoms. The third kappa shape index (κ3) is 6.29. The summed E-state index contributed by atoms with van der Waals surface area (Å²) < 4.78 is 5.08. The van der Waals surface area contributed by atoms with Gasteiger partial charge in [-0.1, -0.05) is 24.3 Å². The number of amides is 1. The van der Waals surface area contributed by atoms with Gasteiger partial charge in [0.1, 0.15) is 11.6 Å². The van der Waals surface area contributed by atoms with Gasteiger partial charge in [0, 0.05) is 0 Å². The second kappa shape index (κ2) is 7.11. The average Bonchev–Trinajstić information content (AvgIpc) is 2.33. The van der Waals surface area contributed by atoms with Crippen molar-refractivity contribution in [1.82, 2.24) is 5.32 Å². The predicted molar refractivity (Wildman–Crippen MR) is 80.3 cm³/mol. The first kappa shape index (κ1) is 17.0. The third-order valence-corrected chi connectivity index (χ3v) is 2.95. The fourth-order valence-corrected chi connectivity index (χ4v) is 1.90. The largest absolute Gasteiger partial charge is 0.480 e. The van der Waals surface area contributed by atoms with Crippen LogP contribution in [0.4, 0.5) is 4.79 Å². The Hall–Kier alpha value is -2.04. The maximum Gasteiger partial charge on any atom is 0.408 e. The number of nitrogens with one attached hydrogen (secondary N) is 1. The van der Waals surface area contributed by atoms with Crippen LogP contribution in [0.3, 0.4) is 0 Å². The number of hydrogen-bond acceptors (Lipinski definition) is 3. The van der Waals surface area contributed by atoms with Crippen LogP contribution >= 0.6 is 0 Å². The first-order chi connectivity index (χ1) is 9.69. The van der Waals surface area contributed by atoms with Crippen molar-refractivity contribution in [3.05, 3.63) is 35.4 Å². The molecule has 1 amide bonds. The molecule has 1 unspecified atom stereocenters. The molecule has 0 radical (unpaired) electrons. The Kier molecular flexibility index (Phi) is 5.76. The lowest BCUT2D eigenvalue weighted by molar-refractivity contribution is -0.139.